The number of para-hydroxylation sites is 1. The first-order valence-electron chi connectivity index (χ1n) is 6.70. The molecule has 0 saturated carbocycles. The van der Waals surface area contributed by atoms with Crippen LogP contribution in [0.15, 0.2) is 54.6 Å². The van der Waals surface area contributed by atoms with Crippen LogP contribution >= 0.6 is 34.3 Å². The first-order valence-corrected chi connectivity index (χ1v) is 8.71. The van der Waals surface area contributed by atoms with E-state index < -0.39 is 0 Å². The summed E-state index contributed by atoms with van der Waals surface area (Å²) in [5.41, 5.74) is 0.769. The number of amides is 1. The summed E-state index contributed by atoms with van der Waals surface area (Å²) in [6, 6.07) is 17.6. The summed E-state index contributed by atoms with van der Waals surface area (Å²) < 4.78 is 3.27. The van der Waals surface area contributed by atoms with Gasteiger partial charge < -0.3 is 5.32 Å². The van der Waals surface area contributed by atoms with Crippen LogP contribution in [0, 0.1) is 0 Å². The maximum atomic E-state index is 12.5. The van der Waals surface area contributed by atoms with Crippen LogP contribution in [0.25, 0.3) is 19.5 Å². The molecule has 0 aliphatic carbocycles. The molecule has 0 aliphatic heterocycles. The third-order valence-electron chi connectivity index (χ3n) is 3.39. The highest BCUT2D eigenvalue weighted by Crippen LogP contribution is 2.45. The van der Waals surface area contributed by atoms with E-state index in [2.05, 4.69) is 17.4 Å². The van der Waals surface area contributed by atoms with Gasteiger partial charge in [0.2, 0.25) is 0 Å². The van der Waals surface area contributed by atoms with Gasteiger partial charge in [-0.3, -0.25) is 4.79 Å². The number of hydrogen-bond donors (Lipinski definition) is 1. The third kappa shape index (κ3) is 2.20. The largest absolute Gasteiger partial charge is 0.321 e. The Balaban J connectivity index is 1.79. The number of benzene rings is 2. The van der Waals surface area contributed by atoms with Crippen molar-refractivity contribution in [2.45, 2.75) is 0 Å². The molecule has 108 valence electrons. The molecule has 0 radical (unpaired) electrons. The summed E-state index contributed by atoms with van der Waals surface area (Å²) in [6.45, 7) is 0. The third-order valence-corrected chi connectivity index (χ3v) is 6.53. The van der Waals surface area contributed by atoms with Gasteiger partial charge in [-0.1, -0.05) is 48.0 Å². The summed E-state index contributed by atoms with van der Waals surface area (Å²) in [6.07, 6.45) is 0. The second-order valence-electron chi connectivity index (χ2n) is 4.82. The van der Waals surface area contributed by atoms with Gasteiger partial charge in [-0.25, -0.2) is 0 Å². The van der Waals surface area contributed by atoms with E-state index in [1.807, 2.05) is 42.5 Å². The van der Waals surface area contributed by atoms with E-state index in [0.717, 1.165) is 20.5 Å². The Bertz CT molecular complexity index is 988. The zero-order valence-electron chi connectivity index (χ0n) is 11.3. The van der Waals surface area contributed by atoms with Crippen LogP contribution in [0.5, 0.6) is 0 Å². The van der Waals surface area contributed by atoms with E-state index in [4.69, 9.17) is 11.6 Å². The van der Waals surface area contributed by atoms with Gasteiger partial charge in [-0.2, -0.15) is 0 Å². The highest BCUT2D eigenvalue weighted by Gasteiger charge is 2.20. The minimum Gasteiger partial charge on any atom is -0.321 e. The number of carbonyl (C=O) groups is 1. The molecule has 1 amide bonds. The number of hydrogen-bond acceptors (Lipinski definition) is 3. The summed E-state index contributed by atoms with van der Waals surface area (Å²) in [7, 11) is 0. The molecule has 2 aromatic carbocycles. The van der Waals surface area contributed by atoms with Crippen molar-refractivity contribution in [3.8, 4) is 0 Å². The van der Waals surface area contributed by atoms with Crippen LogP contribution < -0.4 is 5.32 Å². The molecule has 0 aliphatic rings. The lowest BCUT2D eigenvalue weighted by molar-refractivity contribution is 0.103. The summed E-state index contributed by atoms with van der Waals surface area (Å²) >= 11 is 9.53. The van der Waals surface area contributed by atoms with E-state index in [-0.39, 0.29) is 5.91 Å². The van der Waals surface area contributed by atoms with Crippen LogP contribution in [0.4, 0.5) is 5.69 Å². The standard InChI is InChI=1S/C17H10ClNOS2/c18-13-15-14(11-8-4-5-9-12(11)21-15)22-16(13)17(20)19-10-6-2-1-3-7-10/h1-9H,(H,19,20). The van der Waals surface area contributed by atoms with Crippen molar-refractivity contribution in [3.63, 3.8) is 0 Å². The molecule has 2 aromatic heterocycles. The quantitative estimate of drug-likeness (QED) is 0.473. The Labute approximate surface area is 140 Å². The number of fused-ring (bicyclic) bond motifs is 3. The average Bonchev–Trinajstić information content (AvgIpc) is 3.06. The normalized spacial score (nSPS) is 11.1. The number of thiophene rings is 2. The van der Waals surface area contributed by atoms with E-state index in [9.17, 15) is 4.79 Å². The molecule has 5 heteroatoms. The second-order valence-corrected chi connectivity index (χ2v) is 7.27. The number of nitrogens with one attached hydrogen (secondary N) is 1. The maximum absolute atomic E-state index is 12.5. The predicted molar refractivity (Wildman–Crippen MR) is 96.6 cm³/mol. The monoisotopic (exact) mass is 343 g/mol. The number of carbonyl (C=O) groups excluding carboxylic acids is 1. The lowest BCUT2D eigenvalue weighted by Gasteiger charge is -2.03. The predicted octanol–water partition coefficient (Wildman–Crippen LogP) is 6.02. The van der Waals surface area contributed by atoms with Crippen molar-refractivity contribution in [2.75, 3.05) is 5.32 Å². The summed E-state index contributed by atoms with van der Waals surface area (Å²) in [5, 5.41) is 4.60. The highest BCUT2D eigenvalue weighted by atomic mass is 35.5. The number of anilines is 1. The van der Waals surface area contributed by atoms with Crippen molar-refractivity contribution < 1.29 is 4.79 Å². The molecule has 4 rings (SSSR count). The van der Waals surface area contributed by atoms with Crippen molar-refractivity contribution in [3.05, 3.63) is 64.5 Å². The molecule has 2 heterocycles. The Morgan fingerprint density at radius 3 is 2.45 bits per heavy atom. The molecule has 2 nitrogen and oxygen atoms in total. The first-order chi connectivity index (χ1) is 10.7. The van der Waals surface area contributed by atoms with Crippen LogP contribution in [0.2, 0.25) is 5.02 Å². The van der Waals surface area contributed by atoms with Gasteiger partial charge in [0, 0.05) is 15.8 Å². The Kier molecular flexibility index (Phi) is 3.37. The lowest BCUT2D eigenvalue weighted by atomic mass is 10.2. The molecule has 0 unspecified atom stereocenters. The van der Waals surface area contributed by atoms with Gasteiger partial charge in [-0.15, -0.1) is 22.7 Å². The fourth-order valence-corrected chi connectivity index (χ4v) is 5.28. The Morgan fingerprint density at radius 1 is 0.909 bits per heavy atom. The fraction of sp³-hybridized carbons (Fsp3) is 0. The maximum Gasteiger partial charge on any atom is 0.267 e. The van der Waals surface area contributed by atoms with Crippen molar-refractivity contribution in [1.29, 1.82) is 0 Å². The molecular weight excluding hydrogens is 334 g/mol. The molecule has 0 atom stereocenters. The van der Waals surface area contributed by atoms with Gasteiger partial charge in [0.15, 0.2) is 0 Å². The highest BCUT2D eigenvalue weighted by molar-refractivity contribution is 7.34. The first kappa shape index (κ1) is 13.8. The Hall–Kier alpha value is -1.88. The summed E-state index contributed by atoms with van der Waals surface area (Å²) in [5.74, 6) is -0.159. The van der Waals surface area contributed by atoms with Crippen LogP contribution in [0.1, 0.15) is 9.67 Å². The average molecular weight is 344 g/mol. The number of halogens is 1. The SMILES string of the molecule is O=C(Nc1ccccc1)c1sc2c(sc3ccccc32)c1Cl. The molecule has 0 fully saturated rings. The molecular formula is C17H10ClNOS2. The van der Waals surface area contributed by atoms with Crippen molar-refractivity contribution >= 4 is 65.4 Å². The van der Waals surface area contributed by atoms with E-state index in [1.54, 1.807) is 11.3 Å². The van der Waals surface area contributed by atoms with Crippen LogP contribution in [-0.4, -0.2) is 5.91 Å². The number of rotatable bonds is 2. The molecule has 4 aromatic rings. The minimum atomic E-state index is -0.159. The molecule has 22 heavy (non-hydrogen) atoms. The smallest absolute Gasteiger partial charge is 0.267 e. The fourth-order valence-electron chi connectivity index (χ4n) is 2.37. The molecule has 0 saturated heterocycles. The minimum absolute atomic E-state index is 0.159. The van der Waals surface area contributed by atoms with Crippen molar-refractivity contribution in [2.24, 2.45) is 0 Å². The van der Waals surface area contributed by atoms with Crippen LogP contribution in [-0.2, 0) is 0 Å². The van der Waals surface area contributed by atoms with Gasteiger partial charge in [0.25, 0.3) is 5.91 Å². The zero-order valence-corrected chi connectivity index (χ0v) is 13.7. The van der Waals surface area contributed by atoms with Gasteiger partial charge in [0.1, 0.15) is 4.88 Å². The van der Waals surface area contributed by atoms with Crippen molar-refractivity contribution in [1.82, 2.24) is 0 Å². The van der Waals surface area contributed by atoms with Gasteiger partial charge in [0.05, 0.1) is 14.4 Å². The molecule has 1 N–H and O–H groups in total. The van der Waals surface area contributed by atoms with E-state index >= 15 is 0 Å². The van der Waals surface area contributed by atoms with Gasteiger partial charge in [-0.05, 0) is 18.2 Å². The topological polar surface area (TPSA) is 29.1 Å². The molecule has 0 spiro atoms. The summed E-state index contributed by atoms with van der Waals surface area (Å²) in [4.78, 5) is 13.0. The Morgan fingerprint density at radius 2 is 1.64 bits per heavy atom. The van der Waals surface area contributed by atoms with Crippen LogP contribution in [0.3, 0.4) is 0 Å². The van der Waals surface area contributed by atoms with E-state index in [1.165, 1.54) is 16.0 Å². The lowest BCUT2D eigenvalue weighted by Crippen LogP contribution is -2.10. The van der Waals surface area contributed by atoms with Gasteiger partial charge >= 0.3 is 0 Å². The zero-order chi connectivity index (χ0) is 15.1. The second kappa shape index (κ2) is 5.39. The van der Waals surface area contributed by atoms with E-state index in [0.29, 0.717) is 9.90 Å². The molecule has 0 bridgehead atoms.